The number of carbonyl (C=O) groups excluding carboxylic acids is 1. The van der Waals surface area contributed by atoms with Crippen LogP contribution < -0.4 is 5.32 Å². The van der Waals surface area contributed by atoms with Crippen molar-refractivity contribution in [2.45, 2.75) is 24.0 Å². The molecule has 7 nitrogen and oxygen atoms in total. The Morgan fingerprint density at radius 1 is 1.20 bits per heavy atom. The van der Waals surface area contributed by atoms with Crippen LogP contribution in [0, 0.1) is 0 Å². The number of nitrogens with one attached hydrogen (secondary N) is 1. The Bertz CT molecular complexity index is 978. The molecule has 2 heterocycles. The number of nitrogens with zero attached hydrogens (tertiary/aromatic N) is 2. The number of anilines is 1. The second-order valence-corrected chi connectivity index (χ2v) is 8.21. The van der Waals surface area contributed by atoms with E-state index in [1.165, 1.54) is 35.8 Å². The Balaban J connectivity index is 1.79. The van der Waals surface area contributed by atoms with Gasteiger partial charge in [0.05, 0.1) is 16.9 Å². The number of benzene rings is 1. The number of sulfone groups is 1. The number of aromatic nitrogens is 2. The van der Waals surface area contributed by atoms with Gasteiger partial charge in [-0.15, -0.1) is 10.2 Å². The van der Waals surface area contributed by atoms with Gasteiger partial charge >= 0.3 is 0 Å². The van der Waals surface area contributed by atoms with Crippen molar-refractivity contribution in [2.75, 3.05) is 5.32 Å². The first kappa shape index (κ1) is 17.3. The van der Waals surface area contributed by atoms with E-state index in [1.807, 2.05) is 6.92 Å². The van der Waals surface area contributed by atoms with Crippen LogP contribution in [0.25, 0.3) is 0 Å². The summed E-state index contributed by atoms with van der Waals surface area (Å²) in [4.78, 5) is 12.5. The van der Waals surface area contributed by atoms with Crippen LogP contribution in [0.5, 0.6) is 0 Å². The van der Waals surface area contributed by atoms with Gasteiger partial charge in [0.1, 0.15) is 5.01 Å². The molecular formula is C16H15N3O4S2. The minimum atomic E-state index is -3.58. The van der Waals surface area contributed by atoms with Crippen LogP contribution in [0.15, 0.2) is 52.0 Å². The number of aryl methyl sites for hydroxylation is 1. The SMILES string of the molecule is CCc1nnc(NC(=O)c2occc2CS(=O)(=O)c2ccccc2)s1. The van der Waals surface area contributed by atoms with Crippen molar-refractivity contribution in [3.63, 3.8) is 0 Å². The number of furan rings is 1. The molecule has 0 fully saturated rings. The van der Waals surface area contributed by atoms with Gasteiger partial charge < -0.3 is 4.42 Å². The molecule has 2 aromatic heterocycles. The summed E-state index contributed by atoms with van der Waals surface area (Å²) in [5.41, 5.74) is 0.293. The number of hydrogen-bond donors (Lipinski definition) is 1. The van der Waals surface area contributed by atoms with Gasteiger partial charge in [-0.3, -0.25) is 10.1 Å². The number of carbonyl (C=O) groups is 1. The molecule has 3 aromatic rings. The van der Waals surface area contributed by atoms with E-state index in [0.29, 0.717) is 10.7 Å². The van der Waals surface area contributed by atoms with E-state index in [9.17, 15) is 13.2 Å². The van der Waals surface area contributed by atoms with E-state index < -0.39 is 15.7 Å². The first-order chi connectivity index (χ1) is 12.0. The average molecular weight is 377 g/mol. The Labute approximate surface area is 148 Å². The summed E-state index contributed by atoms with van der Waals surface area (Å²) in [5.74, 6) is -0.929. The van der Waals surface area contributed by atoms with E-state index in [1.54, 1.807) is 18.2 Å². The first-order valence-electron chi connectivity index (χ1n) is 7.47. The third-order valence-corrected chi connectivity index (χ3v) is 6.06. The van der Waals surface area contributed by atoms with Crippen LogP contribution in [-0.4, -0.2) is 24.5 Å². The van der Waals surface area contributed by atoms with Crippen molar-refractivity contribution in [3.05, 3.63) is 59.0 Å². The summed E-state index contributed by atoms with van der Waals surface area (Å²) < 4.78 is 30.2. The van der Waals surface area contributed by atoms with Crippen LogP contribution in [0.3, 0.4) is 0 Å². The van der Waals surface area contributed by atoms with Crippen molar-refractivity contribution < 1.29 is 17.6 Å². The van der Waals surface area contributed by atoms with Gasteiger partial charge in [-0.1, -0.05) is 36.5 Å². The monoisotopic (exact) mass is 377 g/mol. The molecule has 0 aliphatic heterocycles. The second-order valence-electron chi connectivity index (χ2n) is 5.16. The summed E-state index contributed by atoms with van der Waals surface area (Å²) in [6.07, 6.45) is 2.01. The summed E-state index contributed by atoms with van der Waals surface area (Å²) >= 11 is 1.26. The maximum Gasteiger partial charge on any atom is 0.293 e. The van der Waals surface area contributed by atoms with Gasteiger partial charge in [0.25, 0.3) is 5.91 Å². The fraction of sp³-hybridized carbons (Fsp3) is 0.188. The van der Waals surface area contributed by atoms with Crippen molar-refractivity contribution in [1.82, 2.24) is 10.2 Å². The zero-order valence-electron chi connectivity index (χ0n) is 13.3. The zero-order chi connectivity index (χ0) is 17.9. The normalized spacial score (nSPS) is 11.4. The lowest BCUT2D eigenvalue weighted by atomic mass is 10.3. The Morgan fingerprint density at radius 3 is 2.64 bits per heavy atom. The Morgan fingerprint density at radius 2 is 1.96 bits per heavy atom. The van der Waals surface area contributed by atoms with Crippen LogP contribution in [-0.2, 0) is 22.0 Å². The number of hydrogen-bond acceptors (Lipinski definition) is 7. The smallest absolute Gasteiger partial charge is 0.293 e. The van der Waals surface area contributed by atoms with Crippen LogP contribution in [0.1, 0.15) is 28.0 Å². The average Bonchev–Trinajstić information content (AvgIpc) is 3.24. The van der Waals surface area contributed by atoms with E-state index >= 15 is 0 Å². The molecule has 25 heavy (non-hydrogen) atoms. The summed E-state index contributed by atoms with van der Waals surface area (Å²) in [6.45, 7) is 1.94. The van der Waals surface area contributed by atoms with Gasteiger partial charge in [0.15, 0.2) is 15.6 Å². The lowest BCUT2D eigenvalue weighted by molar-refractivity contribution is 0.0995. The largest absolute Gasteiger partial charge is 0.459 e. The van der Waals surface area contributed by atoms with Crippen molar-refractivity contribution >= 4 is 32.2 Å². The van der Waals surface area contributed by atoms with Crippen molar-refractivity contribution in [3.8, 4) is 0 Å². The highest BCUT2D eigenvalue weighted by atomic mass is 32.2. The molecule has 0 aliphatic rings. The van der Waals surface area contributed by atoms with Crippen molar-refractivity contribution in [2.24, 2.45) is 0 Å². The molecule has 1 amide bonds. The Hall–Kier alpha value is -2.52. The van der Waals surface area contributed by atoms with Gasteiger partial charge in [-0.05, 0) is 24.6 Å². The molecule has 1 N–H and O–H groups in total. The Kier molecular flexibility index (Phi) is 4.95. The van der Waals surface area contributed by atoms with Crippen LogP contribution in [0.2, 0.25) is 0 Å². The minimum Gasteiger partial charge on any atom is -0.459 e. The predicted molar refractivity (Wildman–Crippen MR) is 93.3 cm³/mol. The number of rotatable bonds is 6. The molecule has 9 heteroatoms. The van der Waals surface area contributed by atoms with Crippen molar-refractivity contribution in [1.29, 1.82) is 0 Å². The fourth-order valence-electron chi connectivity index (χ4n) is 2.17. The van der Waals surface area contributed by atoms with Crippen LogP contribution >= 0.6 is 11.3 Å². The lowest BCUT2D eigenvalue weighted by Gasteiger charge is -2.05. The van der Waals surface area contributed by atoms with E-state index in [0.717, 1.165) is 11.4 Å². The molecule has 0 unspecified atom stereocenters. The van der Waals surface area contributed by atoms with E-state index in [2.05, 4.69) is 15.5 Å². The first-order valence-corrected chi connectivity index (χ1v) is 9.94. The van der Waals surface area contributed by atoms with Gasteiger partial charge in [-0.2, -0.15) is 0 Å². The summed E-state index contributed by atoms with van der Waals surface area (Å²) in [5, 5.41) is 11.5. The topological polar surface area (TPSA) is 102 Å². The van der Waals surface area contributed by atoms with Crippen LogP contribution in [0.4, 0.5) is 5.13 Å². The quantitative estimate of drug-likeness (QED) is 0.708. The fourth-order valence-corrected chi connectivity index (χ4v) is 4.22. The molecule has 1 aromatic carbocycles. The summed E-state index contributed by atoms with van der Waals surface area (Å²) in [6, 6.07) is 9.55. The predicted octanol–water partition coefficient (Wildman–Crippen LogP) is 2.92. The standard InChI is InChI=1S/C16H15N3O4S2/c1-2-13-18-19-16(24-13)17-15(20)14-11(8-9-23-14)10-25(21,22)12-6-4-3-5-7-12/h3-9H,2,10H2,1H3,(H,17,19,20). The molecule has 3 rings (SSSR count). The third kappa shape index (κ3) is 3.94. The molecule has 0 atom stereocenters. The number of amides is 1. The maximum absolute atomic E-state index is 12.5. The lowest BCUT2D eigenvalue weighted by Crippen LogP contribution is -2.14. The second kappa shape index (κ2) is 7.16. The minimum absolute atomic E-state index is 0.0484. The molecular weight excluding hydrogens is 362 g/mol. The molecule has 0 saturated carbocycles. The molecule has 0 bridgehead atoms. The van der Waals surface area contributed by atoms with E-state index in [4.69, 9.17) is 4.42 Å². The highest BCUT2D eigenvalue weighted by molar-refractivity contribution is 7.90. The highest BCUT2D eigenvalue weighted by Gasteiger charge is 2.23. The molecule has 0 saturated heterocycles. The van der Waals surface area contributed by atoms with Gasteiger partial charge in [0.2, 0.25) is 5.13 Å². The third-order valence-electron chi connectivity index (χ3n) is 3.39. The van der Waals surface area contributed by atoms with Gasteiger partial charge in [-0.25, -0.2) is 8.42 Å². The molecule has 0 aliphatic carbocycles. The molecule has 130 valence electrons. The zero-order valence-corrected chi connectivity index (χ0v) is 14.9. The van der Waals surface area contributed by atoms with Gasteiger partial charge in [0, 0.05) is 5.56 Å². The highest BCUT2D eigenvalue weighted by Crippen LogP contribution is 2.22. The summed E-state index contributed by atoms with van der Waals surface area (Å²) in [7, 11) is -3.58. The maximum atomic E-state index is 12.5. The molecule has 0 spiro atoms. The van der Waals surface area contributed by atoms with E-state index in [-0.39, 0.29) is 16.4 Å². The molecule has 0 radical (unpaired) electrons.